The monoisotopic (exact) mass is 216 g/mol. The SMILES string of the molecule is CC(C)N(CC(N)=S)C1CCOC1=O. The van der Waals surface area contributed by atoms with E-state index in [1.807, 2.05) is 18.7 Å². The third-order valence-corrected chi connectivity index (χ3v) is 2.44. The lowest BCUT2D eigenvalue weighted by Crippen LogP contribution is -2.46. The number of ether oxygens (including phenoxy) is 1. The number of esters is 1. The van der Waals surface area contributed by atoms with Gasteiger partial charge in [-0.05, 0) is 13.8 Å². The van der Waals surface area contributed by atoms with Crippen LogP contribution >= 0.6 is 12.2 Å². The zero-order chi connectivity index (χ0) is 10.7. The van der Waals surface area contributed by atoms with Crippen molar-refractivity contribution in [3.63, 3.8) is 0 Å². The molecule has 0 amide bonds. The molecule has 1 atom stereocenters. The van der Waals surface area contributed by atoms with Crippen molar-refractivity contribution in [1.29, 1.82) is 0 Å². The fourth-order valence-corrected chi connectivity index (χ4v) is 1.77. The fourth-order valence-electron chi connectivity index (χ4n) is 1.62. The molecule has 0 aromatic heterocycles. The van der Waals surface area contributed by atoms with Gasteiger partial charge in [0.05, 0.1) is 11.6 Å². The van der Waals surface area contributed by atoms with Crippen molar-refractivity contribution in [1.82, 2.24) is 4.90 Å². The lowest BCUT2D eigenvalue weighted by molar-refractivity contribution is -0.142. The van der Waals surface area contributed by atoms with Crippen LogP contribution in [0.4, 0.5) is 0 Å². The average Bonchev–Trinajstić information content (AvgIpc) is 2.46. The van der Waals surface area contributed by atoms with Crippen molar-refractivity contribution < 1.29 is 9.53 Å². The molecule has 0 aromatic carbocycles. The number of rotatable bonds is 4. The summed E-state index contributed by atoms with van der Waals surface area (Å²) in [6.07, 6.45) is 0.736. The Balaban J connectivity index is 2.66. The lowest BCUT2D eigenvalue weighted by Gasteiger charge is -2.29. The van der Waals surface area contributed by atoms with E-state index in [9.17, 15) is 4.79 Å². The van der Waals surface area contributed by atoms with Gasteiger partial charge in [0.15, 0.2) is 0 Å². The van der Waals surface area contributed by atoms with Gasteiger partial charge in [0.25, 0.3) is 0 Å². The van der Waals surface area contributed by atoms with Crippen LogP contribution in [0.15, 0.2) is 0 Å². The average molecular weight is 216 g/mol. The first kappa shape index (κ1) is 11.4. The van der Waals surface area contributed by atoms with E-state index in [0.29, 0.717) is 18.1 Å². The Hall–Kier alpha value is -0.680. The molecule has 1 unspecified atom stereocenters. The van der Waals surface area contributed by atoms with Crippen LogP contribution in [0, 0.1) is 0 Å². The van der Waals surface area contributed by atoms with E-state index in [1.165, 1.54) is 0 Å². The zero-order valence-corrected chi connectivity index (χ0v) is 9.34. The number of nitrogens with two attached hydrogens (primary N) is 1. The molecule has 1 fully saturated rings. The lowest BCUT2D eigenvalue weighted by atomic mass is 10.1. The topological polar surface area (TPSA) is 55.6 Å². The first-order valence-electron chi connectivity index (χ1n) is 4.73. The molecule has 0 spiro atoms. The molecule has 1 saturated heterocycles. The number of nitrogens with zero attached hydrogens (tertiary/aromatic N) is 1. The van der Waals surface area contributed by atoms with E-state index >= 15 is 0 Å². The van der Waals surface area contributed by atoms with E-state index in [0.717, 1.165) is 6.42 Å². The van der Waals surface area contributed by atoms with Gasteiger partial charge in [-0.25, -0.2) is 0 Å². The van der Waals surface area contributed by atoms with Gasteiger partial charge in [-0.2, -0.15) is 0 Å². The maximum absolute atomic E-state index is 11.4. The summed E-state index contributed by atoms with van der Waals surface area (Å²) >= 11 is 4.85. The summed E-state index contributed by atoms with van der Waals surface area (Å²) in [5.41, 5.74) is 5.48. The van der Waals surface area contributed by atoms with Crippen LogP contribution in [0.25, 0.3) is 0 Å². The molecule has 1 heterocycles. The summed E-state index contributed by atoms with van der Waals surface area (Å²) in [6, 6.07) is 0.0728. The highest BCUT2D eigenvalue weighted by atomic mass is 32.1. The fraction of sp³-hybridized carbons (Fsp3) is 0.778. The molecule has 0 aliphatic carbocycles. The molecule has 0 saturated carbocycles. The standard InChI is InChI=1S/C9H16N2O2S/c1-6(2)11(5-8(10)14)7-3-4-13-9(7)12/h6-7H,3-5H2,1-2H3,(H2,10,14). The number of thiocarbonyl (C=S) groups is 1. The molecule has 1 aliphatic heterocycles. The van der Waals surface area contributed by atoms with Gasteiger partial charge >= 0.3 is 5.97 Å². The van der Waals surface area contributed by atoms with Gasteiger partial charge in [0, 0.05) is 19.0 Å². The van der Waals surface area contributed by atoms with Crippen molar-refractivity contribution in [3.05, 3.63) is 0 Å². The van der Waals surface area contributed by atoms with Crippen molar-refractivity contribution in [3.8, 4) is 0 Å². The molecule has 4 nitrogen and oxygen atoms in total. The molecule has 2 N–H and O–H groups in total. The van der Waals surface area contributed by atoms with Crippen molar-refractivity contribution in [2.24, 2.45) is 5.73 Å². The Kier molecular flexibility index (Phi) is 3.83. The molecule has 14 heavy (non-hydrogen) atoms. The van der Waals surface area contributed by atoms with Crippen LogP contribution < -0.4 is 5.73 Å². The van der Waals surface area contributed by atoms with Crippen LogP contribution in [-0.4, -0.2) is 41.1 Å². The van der Waals surface area contributed by atoms with E-state index in [2.05, 4.69) is 0 Å². The number of hydrogen-bond donors (Lipinski definition) is 1. The normalized spacial score (nSPS) is 21.7. The molecule has 1 rings (SSSR count). The molecule has 5 heteroatoms. The van der Waals surface area contributed by atoms with Crippen LogP contribution in [0.2, 0.25) is 0 Å². The predicted molar refractivity (Wildman–Crippen MR) is 58.0 cm³/mol. The summed E-state index contributed by atoms with van der Waals surface area (Å²) in [6.45, 7) is 5.02. The second-order valence-electron chi connectivity index (χ2n) is 3.70. The van der Waals surface area contributed by atoms with Crippen LogP contribution in [-0.2, 0) is 9.53 Å². The summed E-state index contributed by atoms with van der Waals surface area (Å²) in [7, 11) is 0. The van der Waals surface area contributed by atoms with Gasteiger partial charge in [-0.15, -0.1) is 0 Å². The molecule has 0 aromatic rings. The quantitative estimate of drug-likeness (QED) is 0.541. The molecular weight excluding hydrogens is 200 g/mol. The summed E-state index contributed by atoms with van der Waals surface area (Å²) in [4.78, 5) is 13.8. The first-order valence-corrected chi connectivity index (χ1v) is 5.14. The van der Waals surface area contributed by atoms with E-state index in [-0.39, 0.29) is 18.1 Å². The highest BCUT2D eigenvalue weighted by Gasteiger charge is 2.33. The maximum atomic E-state index is 11.4. The smallest absolute Gasteiger partial charge is 0.323 e. The van der Waals surface area contributed by atoms with Gasteiger partial charge in [-0.3, -0.25) is 9.69 Å². The van der Waals surface area contributed by atoms with Crippen LogP contribution in [0.3, 0.4) is 0 Å². The Bertz CT molecular complexity index is 243. The Morgan fingerprint density at radius 2 is 2.43 bits per heavy atom. The van der Waals surface area contributed by atoms with Gasteiger partial charge < -0.3 is 10.5 Å². The summed E-state index contributed by atoms with van der Waals surface area (Å²) in [5, 5.41) is 0. The minimum Gasteiger partial charge on any atom is -0.464 e. The second kappa shape index (κ2) is 4.70. The molecular formula is C9H16N2O2S. The van der Waals surface area contributed by atoms with Gasteiger partial charge in [-0.1, -0.05) is 12.2 Å². The maximum Gasteiger partial charge on any atom is 0.323 e. The predicted octanol–water partition coefficient (Wildman–Crippen LogP) is 0.298. The van der Waals surface area contributed by atoms with Gasteiger partial charge in [0.2, 0.25) is 0 Å². The minimum absolute atomic E-state index is 0.157. The van der Waals surface area contributed by atoms with Gasteiger partial charge in [0.1, 0.15) is 6.04 Å². The Labute approximate surface area is 89.4 Å². The molecule has 80 valence electrons. The number of hydrogen-bond acceptors (Lipinski definition) is 4. The van der Waals surface area contributed by atoms with E-state index in [4.69, 9.17) is 22.7 Å². The van der Waals surface area contributed by atoms with Crippen molar-refractivity contribution in [2.45, 2.75) is 32.4 Å². The zero-order valence-electron chi connectivity index (χ0n) is 8.53. The summed E-state index contributed by atoms with van der Waals surface area (Å²) < 4.78 is 4.91. The van der Waals surface area contributed by atoms with Crippen LogP contribution in [0.1, 0.15) is 20.3 Å². The summed E-state index contributed by atoms with van der Waals surface area (Å²) in [5.74, 6) is -0.157. The van der Waals surface area contributed by atoms with Crippen LogP contribution in [0.5, 0.6) is 0 Å². The highest BCUT2D eigenvalue weighted by molar-refractivity contribution is 7.80. The highest BCUT2D eigenvalue weighted by Crippen LogP contribution is 2.16. The molecule has 0 radical (unpaired) electrons. The third-order valence-electron chi connectivity index (χ3n) is 2.31. The second-order valence-corrected chi connectivity index (χ2v) is 4.23. The Morgan fingerprint density at radius 3 is 2.79 bits per heavy atom. The van der Waals surface area contributed by atoms with Crippen molar-refractivity contribution in [2.75, 3.05) is 13.2 Å². The third kappa shape index (κ3) is 2.65. The Morgan fingerprint density at radius 1 is 1.79 bits per heavy atom. The molecule has 0 bridgehead atoms. The largest absolute Gasteiger partial charge is 0.464 e. The minimum atomic E-state index is -0.170. The van der Waals surface area contributed by atoms with E-state index < -0.39 is 0 Å². The number of carbonyl (C=O) groups excluding carboxylic acids is 1. The number of cyclic esters (lactones) is 1. The first-order chi connectivity index (χ1) is 6.52. The van der Waals surface area contributed by atoms with E-state index in [1.54, 1.807) is 0 Å². The van der Waals surface area contributed by atoms with Crippen molar-refractivity contribution >= 4 is 23.2 Å². The number of carbonyl (C=O) groups is 1. The molecule has 1 aliphatic rings.